The fraction of sp³-hybridized carbons (Fsp3) is 0.217. The predicted molar refractivity (Wildman–Crippen MR) is 112 cm³/mol. The number of ether oxygens (including phenoxy) is 1. The number of pyridine rings is 1. The molecule has 34 heavy (non-hydrogen) atoms. The molecule has 0 radical (unpaired) electrons. The second-order valence-electron chi connectivity index (χ2n) is 7.05. The number of nitrogens with one attached hydrogen (secondary N) is 2. The van der Waals surface area contributed by atoms with E-state index in [1.807, 2.05) is 0 Å². The summed E-state index contributed by atoms with van der Waals surface area (Å²) < 4.78 is 85.0. The molecular formula is C23H19F6N3O2. The summed E-state index contributed by atoms with van der Waals surface area (Å²) in [6, 6.07) is 9.24. The van der Waals surface area contributed by atoms with Crippen molar-refractivity contribution in [3.8, 4) is 5.75 Å². The molecule has 180 valence electrons. The quantitative estimate of drug-likeness (QED) is 0.397. The van der Waals surface area contributed by atoms with E-state index in [4.69, 9.17) is 4.74 Å². The molecular weight excluding hydrogens is 464 g/mol. The van der Waals surface area contributed by atoms with Gasteiger partial charge >= 0.3 is 18.4 Å². The molecule has 1 aromatic heterocycles. The maximum absolute atomic E-state index is 13.6. The van der Waals surface area contributed by atoms with Gasteiger partial charge in [-0.15, -0.1) is 0 Å². The first-order valence-corrected chi connectivity index (χ1v) is 9.98. The second-order valence-corrected chi connectivity index (χ2v) is 7.05. The molecule has 0 saturated carbocycles. The van der Waals surface area contributed by atoms with Crippen molar-refractivity contribution >= 4 is 11.7 Å². The highest BCUT2D eigenvalue weighted by Crippen LogP contribution is 2.36. The summed E-state index contributed by atoms with van der Waals surface area (Å²) >= 11 is 0. The third kappa shape index (κ3) is 6.18. The number of nitrogens with zero attached hydrogens (tertiary/aromatic N) is 1. The van der Waals surface area contributed by atoms with Crippen molar-refractivity contribution in [3.63, 3.8) is 0 Å². The van der Waals surface area contributed by atoms with Gasteiger partial charge in [0.15, 0.2) is 0 Å². The minimum Gasteiger partial charge on any atom is -0.494 e. The Labute approximate surface area is 190 Å². The monoisotopic (exact) mass is 483 g/mol. The van der Waals surface area contributed by atoms with Crippen LogP contribution in [0.2, 0.25) is 0 Å². The van der Waals surface area contributed by atoms with Crippen molar-refractivity contribution in [2.24, 2.45) is 0 Å². The van der Waals surface area contributed by atoms with Gasteiger partial charge in [0, 0.05) is 18.0 Å². The Balaban J connectivity index is 1.96. The Hall–Kier alpha value is -3.76. The largest absolute Gasteiger partial charge is 0.494 e. The lowest BCUT2D eigenvalue weighted by Crippen LogP contribution is -2.35. The normalized spacial score (nSPS) is 12.7. The van der Waals surface area contributed by atoms with Crippen LogP contribution in [0.25, 0.3) is 0 Å². The van der Waals surface area contributed by atoms with Gasteiger partial charge in [0.25, 0.3) is 0 Å². The summed E-state index contributed by atoms with van der Waals surface area (Å²) in [5.74, 6) is 0.462. The molecule has 1 heterocycles. The number of benzene rings is 2. The van der Waals surface area contributed by atoms with E-state index in [0.29, 0.717) is 18.0 Å². The van der Waals surface area contributed by atoms with Gasteiger partial charge in [-0.2, -0.15) is 26.3 Å². The van der Waals surface area contributed by atoms with E-state index >= 15 is 0 Å². The van der Waals surface area contributed by atoms with Crippen LogP contribution in [-0.2, 0) is 12.4 Å². The van der Waals surface area contributed by atoms with Gasteiger partial charge in [0.1, 0.15) is 5.75 Å². The van der Waals surface area contributed by atoms with Crippen LogP contribution in [0.4, 0.5) is 36.8 Å². The molecule has 0 aliphatic heterocycles. The van der Waals surface area contributed by atoms with Crippen LogP contribution in [0.3, 0.4) is 0 Å². The van der Waals surface area contributed by atoms with Crippen LogP contribution in [-0.4, -0.2) is 17.6 Å². The van der Waals surface area contributed by atoms with Crippen molar-refractivity contribution in [1.29, 1.82) is 0 Å². The zero-order valence-electron chi connectivity index (χ0n) is 17.7. The summed E-state index contributed by atoms with van der Waals surface area (Å²) in [6.07, 6.45) is -8.34. The Morgan fingerprint density at radius 2 is 1.68 bits per heavy atom. The molecule has 3 rings (SSSR count). The molecule has 0 fully saturated rings. The number of urea groups is 1. The third-order valence-corrected chi connectivity index (χ3v) is 4.67. The number of alkyl halides is 6. The van der Waals surface area contributed by atoms with Crippen LogP contribution in [0.15, 0.2) is 66.9 Å². The highest BCUT2D eigenvalue weighted by Gasteiger charge is 2.37. The van der Waals surface area contributed by atoms with E-state index in [9.17, 15) is 31.1 Å². The fourth-order valence-corrected chi connectivity index (χ4v) is 3.19. The molecule has 0 saturated heterocycles. The van der Waals surface area contributed by atoms with Crippen LogP contribution in [0, 0.1) is 0 Å². The van der Waals surface area contributed by atoms with Gasteiger partial charge in [-0.1, -0.05) is 18.2 Å². The number of hydrogen-bond acceptors (Lipinski definition) is 3. The SMILES string of the molecule is CCOc1cccc(NC(=O)NC(c2ccc(C(F)(F)F)cc2)c2ncccc2C(F)(F)F)c1. The number of amides is 2. The predicted octanol–water partition coefficient (Wildman–Crippen LogP) is 6.43. The summed E-state index contributed by atoms with van der Waals surface area (Å²) in [4.78, 5) is 16.5. The van der Waals surface area contributed by atoms with Gasteiger partial charge in [0.05, 0.1) is 29.5 Å². The van der Waals surface area contributed by atoms with E-state index in [1.165, 1.54) is 12.1 Å². The third-order valence-electron chi connectivity index (χ3n) is 4.67. The molecule has 2 aromatic carbocycles. The molecule has 11 heteroatoms. The zero-order chi connectivity index (χ0) is 24.9. The Kier molecular flexibility index (Phi) is 7.33. The number of carbonyl (C=O) groups is 1. The van der Waals surface area contributed by atoms with E-state index in [1.54, 1.807) is 19.1 Å². The average Bonchev–Trinajstić information content (AvgIpc) is 2.77. The maximum Gasteiger partial charge on any atom is 0.418 e. The summed E-state index contributed by atoms with van der Waals surface area (Å²) in [5.41, 5.74) is -2.39. The Morgan fingerprint density at radius 1 is 0.971 bits per heavy atom. The van der Waals surface area contributed by atoms with Gasteiger partial charge in [-0.25, -0.2) is 4.79 Å². The summed E-state index contributed by atoms with van der Waals surface area (Å²) in [7, 11) is 0. The molecule has 0 bridgehead atoms. The first kappa shape index (κ1) is 24.9. The lowest BCUT2D eigenvalue weighted by molar-refractivity contribution is -0.139. The smallest absolute Gasteiger partial charge is 0.418 e. The average molecular weight is 483 g/mol. The summed E-state index contributed by atoms with van der Waals surface area (Å²) in [5, 5.41) is 4.87. The van der Waals surface area contributed by atoms with Crippen molar-refractivity contribution in [2.45, 2.75) is 25.3 Å². The zero-order valence-corrected chi connectivity index (χ0v) is 17.7. The van der Waals surface area contributed by atoms with Crippen LogP contribution >= 0.6 is 0 Å². The molecule has 1 atom stereocenters. The number of rotatable bonds is 6. The Morgan fingerprint density at radius 3 is 2.29 bits per heavy atom. The molecule has 5 nitrogen and oxygen atoms in total. The van der Waals surface area contributed by atoms with Gasteiger partial charge < -0.3 is 15.4 Å². The molecule has 2 amide bonds. The number of anilines is 1. The van der Waals surface area contributed by atoms with E-state index in [0.717, 1.165) is 42.6 Å². The van der Waals surface area contributed by atoms with Crippen molar-refractivity contribution in [3.05, 3.63) is 89.2 Å². The minimum atomic E-state index is -4.81. The summed E-state index contributed by atoms with van der Waals surface area (Å²) in [6.45, 7) is 2.15. The van der Waals surface area contributed by atoms with Crippen LogP contribution in [0.5, 0.6) is 5.75 Å². The van der Waals surface area contributed by atoms with E-state index < -0.39 is 41.2 Å². The lowest BCUT2D eigenvalue weighted by Gasteiger charge is -2.23. The van der Waals surface area contributed by atoms with Crippen molar-refractivity contribution < 1.29 is 35.9 Å². The topological polar surface area (TPSA) is 63.2 Å². The number of halogens is 6. The molecule has 0 spiro atoms. The minimum absolute atomic E-state index is 0.0181. The van der Waals surface area contributed by atoms with Crippen molar-refractivity contribution in [1.82, 2.24) is 10.3 Å². The van der Waals surface area contributed by atoms with Gasteiger partial charge in [0.2, 0.25) is 0 Å². The first-order valence-electron chi connectivity index (χ1n) is 9.98. The van der Waals surface area contributed by atoms with Gasteiger partial charge in [-0.3, -0.25) is 4.98 Å². The fourth-order valence-electron chi connectivity index (χ4n) is 3.19. The maximum atomic E-state index is 13.6. The van der Waals surface area contributed by atoms with Crippen LogP contribution in [0.1, 0.15) is 35.3 Å². The number of hydrogen-bond donors (Lipinski definition) is 2. The first-order chi connectivity index (χ1) is 16.0. The molecule has 0 aliphatic carbocycles. The highest BCUT2D eigenvalue weighted by atomic mass is 19.4. The molecule has 0 aliphatic rings. The lowest BCUT2D eigenvalue weighted by atomic mass is 9.98. The van der Waals surface area contributed by atoms with Crippen LogP contribution < -0.4 is 15.4 Å². The number of carbonyl (C=O) groups excluding carboxylic acids is 1. The van der Waals surface area contributed by atoms with Crippen molar-refractivity contribution in [2.75, 3.05) is 11.9 Å². The molecule has 1 unspecified atom stereocenters. The standard InChI is InChI=1S/C23H19F6N3O2/c1-2-34-17-6-3-5-16(13-17)31-21(33)32-19(14-8-10-15(11-9-14)22(24,25)26)20-18(23(27,28)29)7-4-12-30-20/h3-13,19H,2H2,1H3,(H2,31,32,33). The molecule has 2 N–H and O–H groups in total. The highest BCUT2D eigenvalue weighted by molar-refractivity contribution is 5.90. The van der Waals surface area contributed by atoms with E-state index in [-0.39, 0.29) is 5.56 Å². The molecule has 3 aromatic rings. The second kappa shape index (κ2) is 10.0. The van der Waals surface area contributed by atoms with Gasteiger partial charge in [-0.05, 0) is 48.9 Å². The van der Waals surface area contributed by atoms with E-state index in [2.05, 4.69) is 15.6 Å². The Bertz CT molecular complexity index is 1130. The number of aromatic nitrogens is 1.